The van der Waals surface area contributed by atoms with Gasteiger partial charge in [-0.1, -0.05) is 12.7 Å². The molecule has 1 aromatic heterocycles. The predicted octanol–water partition coefficient (Wildman–Crippen LogP) is 1.54. The zero-order chi connectivity index (χ0) is 18.5. The Labute approximate surface area is 152 Å². The van der Waals surface area contributed by atoms with E-state index in [1.807, 2.05) is 38.1 Å². The first-order chi connectivity index (χ1) is 12.5. The molecule has 8 heteroatoms. The minimum atomic E-state index is -0.0378. The molecule has 1 aromatic carbocycles. The monoisotopic (exact) mass is 357 g/mol. The van der Waals surface area contributed by atoms with Crippen LogP contribution in [0.2, 0.25) is 0 Å². The fraction of sp³-hybridized carbons (Fsp3) is 0.444. The first-order valence-electron chi connectivity index (χ1n) is 8.60. The summed E-state index contributed by atoms with van der Waals surface area (Å²) in [4.78, 5) is 15.6. The van der Waals surface area contributed by atoms with Crippen molar-refractivity contribution >= 4 is 5.91 Å². The number of carbonyl (C=O) groups is 1. The van der Waals surface area contributed by atoms with Crippen molar-refractivity contribution in [3.8, 4) is 17.1 Å². The van der Waals surface area contributed by atoms with Crippen LogP contribution in [0.25, 0.3) is 11.4 Å². The Kier molecular flexibility index (Phi) is 5.62. The Morgan fingerprint density at radius 1 is 1.31 bits per heavy atom. The van der Waals surface area contributed by atoms with Crippen LogP contribution in [0.15, 0.2) is 36.9 Å². The molecule has 0 spiro atoms. The summed E-state index contributed by atoms with van der Waals surface area (Å²) in [5.41, 5.74) is 0.809. The third-order valence-electron chi connectivity index (χ3n) is 3.98. The second kappa shape index (κ2) is 8.09. The van der Waals surface area contributed by atoms with Gasteiger partial charge in [-0.25, -0.2) is 0 Å². The lowest BCUT2D eigenvalue weighted by molar-refractivity contribution is -0.144. The van der Waals surface area contributed by atoms with Gasteiger partial charge in [0, 0.05) is 18.7 Å². The molecule has 2 atom stereocenters. The fourth-order valence-electron chi connectivity index (χ4n) is 2.88. The van der Waals surface area contributed by atoms with E-state index in [4.69, 9.17) is 9.47 Å². The number of hydrogen-bond acceptors (Lipinski definition) is 6. The zero-order valence-corrected chi connectivity index (χ0v) is 15.0. The second-order valence-electron chi connectivity index (χ2n) is 6.32. The normalized spacial score (nSPS) is 20.0. The lowest BCUT2D eigenvalue weighted by Gasteiger charge is -2.35. The number of aromatic nitrogens is 4. The van der Waals surface area contributed by atoms with E-state index in [2.05, 4.69) is 22.0 Å². The van der Waals surface area contributed by atoms with E-state index in [9.17, 15) is 4.79 Å². The molecule has 3 rings (SSSR count). The molecule has 0 radical (unpaired) electrons. The number of hydrogen-bond donors (Lipinski definition) is 0. The third kappa shape index (κ3) is 4.45. The standard InChI is InChI=1S/C18H23N5O3/c1-4-9-25-16-7-5-15(6-8-16)18-19-21-23(20-18)12-17(24)22-10-13(2)26-14(3)11-22/h4-8,13-14H,1,9-12H2,2-3H3. The molecular weight excluding hydrogens is 334 g/mol. The molecule has 2 unspecified atom stereocenters. The van der Waals surface area contributed by atoms with Gasteiger partial charge in [-0.05, 0) is 43.3 Å². The molecule has 8 nitrogen and oxygen atoms in total. The van der Waals surface area contributed by atoms with Gasteiger partial charge in [-0.2, -0.15) is 4.80 Å². The van der Waals surface area contributed by atoms with Gasteiger partial charge in [0.1, 0.15) is 18.9 Å². The van der Waals surface area contributed by atoms with Crippen molar-refractivity contribution in [1.82, 2.24) is 25.1 Å². The topological polar surface area (TPSA) is 82.4 Å². The molecule has 1 fully saturated rings. The van der Waals surface area contributed by atoms with Crippen molar-refractivity contribution in [3.05, 3.63) is 36.9 Å². The van der Waals surface area contributed by atoms with Crippen LogP contribution in [0.3, 0.4) is 0 Å². The van der Waals surface area contributed by atoms with Crippen molar-refractivity contribution in [2.75, 3.05) is 19.7 Å². The van der Waals surface area contributed by atoms with Gasteiger partial charge in [0.05, 0.1) is 12.2 Å². The lowest BCUT2D eigenvalue weighted by Crippen LogP contribution is -2.49. The van der Waals surface area contributed by atoms with E-state index in [0.717, 1.165) is 11.3 Å². The minimum absolute atomic E-state index is 0.0313. The van der Waals surface area contributed by atoms with Crippen LogP contribution >= 0.6 is 0 Å². The largest absolute Gasteiger partial charge is 0.490 e. The van der Waals surface area contributed by atoms with Crippen LogP contribution in [0.5, 0.6) is 5.75 Å². The van der Waals surface area contributed by atoms with E-state index >= 15 is 0 Å². The van der Waals surface area contributed by atoms with Crippen molar-refractivity contribution in [1.29, 1.82) is 0 Å². The molecule has 26 heavy (non-hydrogen) atoms. The van der Waals surface area contributed by atoms with Crippen LogP contribution in [-0.2, 0) is 16.1 Å². The van der Waals surface area contributed by atoms with Crippen LogP contribution in [0.1, 0.15) is 13.8 Å². The summed E-state index contributed by atoms with van der Waals surface area (Å²) < 4.78 is 11.1. The molecule has 0 aliphatic carbocycles. The van der Waals surface area contributed by atoms with Gasteiger partial charge < -0.3 is 14.4 Å². The molecule has 2 aromatic rings. The van der Waals surface area contributed by atoms with E-state index in [1.54, 1.807) is 11.0 Å². The van der Waals surface area contributed by atoms with Gasteiger partial charge in [0.25, 0.3) is 0 Å². The molecule has 2 heterocycles. The summed E-state index contributed by atoms with van der Waals surface area (Å²) in [5.74, 6) is 1.17. The summed E-state index contributed by atoms with van der Waals surface area (Å²) in [5, 5.41) is 12.3. The molecule has 1 aliphatic rings. The molecule has 1 amide bonds. The highest BCUT2D eigenvalue weighted by Gasteiger charge is 2.26. The Bertz CT molecular complexity index is 748. The molecule has 0 bridgehead atoms. The Morgan fingerprint density at radius 3 is 2.65 bits per heavy atom. The van der Waals surface area contributed by atoms with E-state index in [1.165, 1.54) is 4.80 Å². The molecule has 1 aliphatic heterocycles. The predicted molar refractivity (Wildman–Crippen MR) is 95.5 cm³/mol. The molecule has 0 N–H and O–H groups in total. The number of ether oxygens (including phenoxy) is 2. The number of nitrogens with zero attached hydrogens (tertiary/aromatic N) is 5. The summed E-state index contributed by atoms with van der Waals surface area (Å²) in [7, 11) is 0. The van der Waals surface area contributed by atoms with Gasteiger partial charge >= 0.3 is 0 Å². The van der Waals surface area contributed by atoms with E-state index in [0.29, 0.717) is 25.5 Å². The van der Waals surface area contributed by atoms with Crippen molar-refractivity contribution in [2.45, 2.75) is 32.6 Å². The first kappa shape index (κ1) is 18.1. The maximum absolute atomic E-state index is 12.5. The van der Waals surface area contributed by atoms with Gasteiger partial charge in [0.2, 0.25) is 11.7 Å². The third-order valence-corrected chi connectivity index (χ3v) is 3.98. The first-order valence-corrected chi connectivity index (χ1v) is 8.60. The van der Waals surface area contributed by atoms with Gasteiger partial charge in [-0.3, -0.25) is 4.79 Å². The van der Waals surface area contributed by atoms with Crippen LogP contribution in [0, 0.1) is 0 Å². The molecule has 138 valence electrons. The van der Waals surface area contributed by atoms with E-state index < -0.39 is 0 Å². The zero-order valence-electron chi connectivity index (χ0n) is 15.0. The summed E-state index contributed by atoms with van der Waals surface area (Å²) in [6, 6.07) is 7.38. The summed E-state index contributed by atoms with van der Waals surface area (Å²) in [6.45, 7) is 9.22. The van der Waals surface area contributed by atoms with Crippen LogP contribution < -0.4 is 4.74 Å². The second-order valence-corrected chi connectivity index (χ2v) is 6.32. The van der Waals surface area contributed by atoms with Crippen molar-refractivity contribution in [3.63, 3.8) is 0 Å². The fourth-order valence-corrected chi connectivity index (χ4v) is 2.88. The van der Waals surface area contributed by atoms with Gasteiger partial charge in [-0.15, -0.1) is 10.2 Å². The number of benzene rings is 1. The highest BCUT2D eigenvalue weighted by molar-refractivity contribution is 5.76. The molecular formula is C18H23N5O3. The van der Waals surface area contributed by atoms with Crippen molar-refractivity contribution < 1.29 is 14.3 Å². The number of rotatable bonds is 6. The minimum Gasteiger partial charge on any atom is -0.490 e. The van der Waals surface area contributed by atoms with E-state index in [-0.39, 0.29) is 24.7 Å². The number of carbonyl (C=O) groups excluding carboxylic acids is 1. The SMILES string of the molecule is C=CCOc1ccc(-c2nnn(CC(=O)N3CC(C)OC(C)C3)n2)cc1. The molecule has 0 saturated carbocycles. The Balaban J connectivity index is 1.62. The Hall–Kier alpha value is -2.74. The summed E-state index contributed by atoms with van der Waals surface area (Å²) in [6.07, 6.45) is 1.75. The van der Waals surface area contributed by atoms with Crippen LogP contribution in [-0.4, -0.2) is 62.9 Å². The smallest absolute Gasteiger partial charge is 0.246 e. The van der Waals surface area contributed by atoms with Gasteiger partial charge in [0.15, 0.2) is 0 Å². The number of morpholine rings is 1. The average Bonchev–Trinajstić information content (AvgIpc) is 3.08. The summed E-state index contributed by atoms with van der Waals surface area (Å²) >= 11 is 0. The highest BCUT2D eigenvalue weighted by Crippen LogP contribution is 2.19. The number of amides is 1. The maximum Gasteiger partial charge on any atom is 0.246 e. The molecule has 1 saturated heterocycles. The number of tetrazole rings is 1. The highest BCUT2D eigenvalue weighted by atomic mass is 16.5. The Morgan fingerprint density at radius 2 is 2.00 bits per heavy atom. The lowest BCUT2D eigenvalue weighted by atomic mass is 10.2. The quantitative estimate of drug-likeness (QED) is 0.730. The van der Waals surface area contributed by atoms with Crippen LogP contribution in [0.4, 0.5) is 0 Å². The maximum atomic E-state index is 12.5. The average molecular weight is 357 g/mol. The van der Waals surface area contributed by atoms with Crippen molar-refractivity contribution in [2.24, 2.45) is 0 Å².